The van der Waals surface area contributed by atoms with E-state index in [4.69, 9.17) is 18.9 Å². The fraction of sp³-hybridized carbons (Fsp3) is 0.594. The van der Waals surface area contributed by atoms with Crippen LogP contribution in [0.1, 0.15) is 81.8 Å². The summed E-state index contributed by atoms with van der Waals surface area (Å²) < 4.78 is 24.1. The Morgan fingerprint density at radius 3 is 1.80 bits per heavy atom. The Hall–Kier alpha value is -2.97. The van der Waals surface area contributed by atoms with Gasteiger partial charge < -0.3 is 33.9 Å². The van der Waals surface area contributed by atoms with E-state index in [0.29, 0.717) is 29.1 Å². The first kappa shape index (κ1) is 30.0. The molecule has 0 saturated carbocycles. The highest BCUT2D eigenvalue weighted by atomic mass is 16.6. The number of benzene rings is 2. The van der Waals surface area contributed by atoms with Crippen LogP contribution in [0.15, 0.2) is 12.1 Å². The third-order valence-electron chi connectivity index (χ3n) is 8.44. The maximum absolute atomic E-state index is 12.3. The van der Waals surface area contributed by atoms with Crippen molar-refractivity contribution < 1.29 is 38.6 Å². The zero-order chi connectivity index (χ0) is 29.3. The average molecular weight is 557 g/mol. The van der Waals surface area contributed by atoms with Gasteiger partial charge in [0, 0.05) is 32.6 Å². The Bertz CT molecular complexity index is 1240. The second-order valence-electron chi connectivity index (χ2n) is 12.4. The van der Waals surface area contributed by atoms with Gasteiger partial charge in [0.05, 0.1) is 52.5 Å². The quantitative estimate of drug-likeness (QED) is 0.324. The van der Waals surface area contributed by atoms with Crippen molar-refractivity contribution in [3.05, 3.63) is 34.4 Å². The van der Waals surface area contributed by atoms with Gasteiger partial charge in [-0.05, 0) is 35.1 Å². The van der Waals surface area contributed by atoms with E-state index in [-0.39, 0.29) is 29.3 Å². The summed E-state index contributed by atoms with van der Waals surface area (Å²) in [6, 6.07) is 4.23. The largest absolute Gasteiger partial charge is 0.504 e. The van der Waals surface area contributed by atoms with Crippen molar-refractivity contribution in [1.82, 2.24) is 0 Å². The molecule has 0 aliphatic carbocycles. The first-order valence-electron chi connectivity index (χ1n) is 14.6. The van der Waals surface area contributed by atoms with E-state index in [1.54, 1.807) is 14.2 Å². The molecule has 2 heterocycles. The number of phenols is 1. The maximum atomic E-state index is 12.3. The molecule has 0 saturated heterocycles. The number of carbonyl (C=O) groups excluding carboxylic acids is 1. The molecule has 0 fully saturated rings. The van der Waals surface area contributed by atoms with Crippen LogP contribution in [0.4, 0.5) is 0 Å². The molecule has 2 aromatic carbocycles. The van der Waals surface area contributed by atoms with Crippen LogP contribution in [0.5, 0.6) is 34.5 Å². The maximum Gasteiger partial charge on any atom is 0.308 e. The molecule has 0 bridgehead atoms. The number of esters is 1. The Morgan fingerprint density at radius 1 is 0.850 bits per heavy atom. The average Bonchev–Trinajstić information content (AvgIpc) is 2.88. The molecule has 2 aliphatic heterocycles. The Balaban J connectivity index is 1.98. The SMILES string of the molecule is COc1cc2c(c(O)c1Oc1c(OC(C)=O)c(OC)cc3c1[C@@H](CC(C)C)[NH+](C)CC3)[C@H](CC(C)C)[NH+](C)CC2. The number of hydrogen-bond acceptors (Lipinski definition) is 6. The third kappa shape index (κ3) is 5.88. The minimum atomic E-state index is -0.469. The van der Waals surface area contributed by atoms with Crippen LogP contribution in [0.25, 0.3) is 0 Å². The first-order valence-corrected chi connectivity index (χ1v) is 14.6. The molecular formula is C32H48N2O6+2. The molecular weight excluding hydrogens is 508 g/mol. The minimum Gasteiger partial charge on any atom is -0.504 e. The molecule has 8 heteroatoms. The molecule has 220 valence electrons. The summed E-state index contributed by atoms with van der Waals surface area (Å²) >= 11 is 0. The number of rotatable bonds is 9. The predicted molar refractivity (Wildman–Crippen MR) is 154 cm³/mol. The van der Waals surface area contributed by atoms with Crippen molar-refractivity contribution in [1.29, 1.82) is 0 Å². The summed E-state index contributed by atoms with van der Waals surface area (Å²) in [6.45, 7) is 12.2. The van der Waals surface area contributed by atoms with Crippen LogP contribution in [0.3, 0.4) is 0 Å². The van der Waals surface area contributed by atoms with Crippen LogP contribution in [0.2, 0.25) is 0 Å². The van der Waals surface area contributed by atoms with E-state index in [0.717, 1.165) is 61.0 Å². The number of aromatic hydroxyl groups is 1. The minimum absolute atomic E-state index is 0.0984. The molecule has 2 unspecified atom stereocenters. The third-order valence-corrected chi connectivity index (χ3v) is 8.44. The normalized spacial score (nSPS) is 22.1. The summed E-state index contributed by atoms with van der Waals surface area (Å²) in [5.74, 6) is 2.34. The molecule has 2 aliphatic rings. The monoisotopic (exact) mass is 556 g/mol. The molecule has 0 amide bonds. The number of phenolic OH excluding ortho intramolecular Hbond substituents is 1. The Morgan fingerprint density at radius 2 is 1.32 bits per heavy atom. The number of methoxy groups -OCH3 is 2. The first-order chi connectivity index (χ1) is 19.0. The Labute approximate surface area is 239 Å². The second-order valence-corrected chi connectivity index (χ2v) is 12.4. The lowest BCUT2D eigenvalue weighted by molar-refractivity contribution is -0.915. The van der Waals surface area contributed by atoms with E-state index in [1.807, 2.05) is 12.1 Å². The van der Waals surface area contributed by atoms with Crippen molar-refractivity contribution in [2.45, 2.75) is 72.4 Å². The predicted octanol–water partition coefficient (Wildman–Crippen LogP) is 3.44. The Kier molecular flexibility index (Phi) is 9.20. The number of hydrogen-bond donors (Lipinski definition) is 3. The number of likely N-dealkylation sites (N-methyl/N-ethyl adjacent to an activating group) is 2. The summed E-state index contributed by atoms with van der Waals surface area (Å²) in [6.07, 6.45) is 3.55. The van der Waals surface area contributed by atoms with Crippen molar-refractivity contribution in [3.63, 3.8) is 0 Å². The zero-order valence-corrected chi connectivity index (χ0v) is 25.7. The van der Waals surface area contributed by atoms with Gasteiger partial charge in [0.2, 0.25) is 11.5 Å². The molecule has 4 atom stereocenters. The number of ether oxygens (including phenoxy) is 4. The lowest BCUT2D eigenvalue weighted by Crippen LogP contribution is -3.10. The molecule has 40 heavy (non-hydrogen) atoms. The number of quaternary nitrogens is 2. The summed E-state index contributed by atoms with van der Waals surface area (Å²) in [7, 11) is 7.54. The van der Waals surface area contributed by atoms with Gasteiger partial charge in [0.15, 0.2) is 23.0 Å². The van der Waals surface area contributed by atoms with Gasteiger partial charge in [-0.25, -0.2) is 0 Å². The highest BCUT2D eigenvalue weighted by Crippen LogP contribution is 2.53. The van der Waals surface area contributed by atoms with E-state index in [9.17, 15) is 9.90 Å². The van der Waals surface area contributed by atoms with Gasteiger partial charge in [0.25, 0.3) is 0 Å². The molecule has 4 rings (SSSR count). The van der Waals surface area contributed by atoms with Crippen LogP contribution >= 0.6 is 0 Å². The van der Waals surface area contributed by atoms with E-state index < -0.39 is 5.97 Å². The lowest BCUT2D eigenvalue weighted by Gasteiger charge is -2.35. The number of nitrogens with one attached hydrogen (secondary N) is 2. The second kappa shape index (κ2) is 12.3. The van der Waals surface area contributed by atoms with Crippen molar-refractivity contribution in [2.24, 2.45) is 11.8 Å². The van der Waals surface area contributed by atoms with Gasteiger partial charge in [-0.15, -0.1) is 0 Å². The number of carbonyl (C=O) groups is 1. The van der Waals surface area contributed by atoms with Gasteiger partial charge in [-0.2, -0.15) is 0 Å². The lowest BCUT2D eigenvalue weighted by atomic mass is 9.86. The fourth-order valence-corrected chi connectivity index (χ4v) is 6.49. The topological polar surface area (TPSA) is 83.1 Å². The summed E-state index contributed by atoms with van der Waals surface area (Å²) in [5.41, 5.74) is 4.11. The summed E-state index contributed by atoms with van der Waals surface area (Å²) in [5, 5.41) is 11.9. The van der Waals surface area contributed by atoms with Crippen molar-refractivity contribution in [3.8, 4) is 34.5 Å². The van der Waals surface area contributed by atoms with Crippen molar-refractivity contribution in [2.75, 3.05) is 41.4 Å². The van der Waals surface area contributed by atoms with E-state index in [1.165, 1.54) is 16.7 Å². The van der Waals surface area contributed by atoms with E-state index >= 15 is 0 Å². The molecule has 8 nitrogen and oxygen atoms in total. The highest BCUT2D eigenvalue weighted by molar-refractivity contribution is 5.74. The highest BCUT2D eigenvalue weighted by Gasteiger charge is 2.39. The van der Waals surface area contributed by atoms with Gasteiger partial charge in [0.1, 0.15) is 12.1 Å². The molecule has 0 radical (unpaired) electrons. The van der Waals surface area contributed by atoms with Crippen LogP contribution < -0.4 is 28.7 Å². The van der Waals surface area contributed by atoms with Crippen LogP contribution in [-0.2, 0) is 17.6 Å². The zero-order valence-electron chi connectivity index (χ0n) is 25.7. The smallest absolute Gasteiger partial charge is 0.308 e. The molecule has 0 spiro atoms. The van der Waals surface area contributed by atoms with Crippen LogP contribution in [0, 0.1) is 11.8 Å². The van der Waals surface area contributed by atoms with Gasteiger partial charge in [-0.3, -0.25) is 4.79 Å². The molecule has 3 N–H and O–H groups in total. The summed E-state index contributed by atoms with van der Waals surface area (Å²) in [4.78, 5) is 15.1. The molecule has 2 aromatic rings. The van der Waals surface area contributed by atoms with E-state index in [2.05, 4.69) is 41.8 Å². The van der Waals surface area contributed by atoms with Gasteiger partial charge >= 0.3 is 5.97 Å². The number of fused-ring (bicyclic) bond motifs is 2. The van der Waals surface area contributed by atoms with Gasteiger partial charge in [-0.1, -0.05) is 27.7 Å². The standard InChI is InChI=1S/C32H46N2O6/c1-18(2)14-23-27-21(10-12-33(23)6)16-25(37-8)30(29(27)36)40-32-28-22(11-13-34(7)24(28)15-19(3)4)17-26(38-9)31(32)39-20(5)35/h16-19,23-24,36H,10-15H2,1-9H3/p+2/t23-,24+/m0/s1. The molecule has 0 aromatic heterocycles. The van der Waals surface area contributed by atoms with Crippen molar-refractivity contribution >= 4 is 5.97 Å². The van der Waals surface area contributed by atoms with Crippen LogP contribution in [-0.4, -0.2) is 52.5 Å². The fourth-order valence-electron chi connectivity index (χ4n) is 6.49.